The minimum absolute atomic E-state index is 0.0782. The van der Waals surface area contributed by atoms with Gasteiger partial charge in [0.1, 0.15) is 0 Å². The molecule has 0 aliphatic carbocycles. The van der Waals surface area contributed by atoms with Crippen LogP contribution in [-0.4, -0.2) is 26.0 Å². The Morgan fingerprint density at radius 1 is 0.643 bits per heavy atom. The highest BCUT2D eigenvalue weighted by Gasteiger charge is 2.17. The van der Waals surface area contributed by atoms with Crippen molar-refractivity contribution in [2.75, 3.05) is 19.8 Å². The number of hydrogen-bond acceptors (Lipinski definition) is 3. The number of nitrogens with one attached hydrogen (secondary N) is 1. The van der Waals surface area contributed by atoms with E-state index in [0.29, 0.717) is 19.8 Å². The third-order valence-electron chi connectivity index (χ3n) is 4.68. The minimum Gasteiger partial charge on any atom is -0.352 e. The summed E-state index contributed by atoms with van der Waals surface area (Å²) in [5.74, 6) is 0. The van der Waals surface area contributed by atoms with Crippen LogP contribution in [0.1, 0.15) is 31.0 Å². The molecule has 146 valence electrons. The van der Waals surface area contributed by atoms with E-state index in [1.165, 1.54) is 22.3 Å². The molecule has 0 heterocycles. The first-order chi connectivity index (χ1) is 13.8. The van der Waals surface area contributed by atoms with Crippen molar-refractivity contribution in [3.63, 3.8) is 0 Å². The van der Waals surface area contributed by atoms with Crippen LogP contribution in [0.4, 0.5) is 0 Å². The van der Waals surface area contributed by atoms with Gasteiger partial charge >= 0.3 is 0 Å². The van der Waals surface area contributed by atoms with E-state index in [1.807, 2.05) is 26.0 Å². The number of hydrogen-bond donors (Lipinski definition) is 1. The summed E-state index contributed by atoms with van der Waals surface area (Å²) in [5.41, 5.74) is 4.89. The van der Waals surface area contributed by atoms with Gasteiger partial charge < -0.3 is 14.8 Å². The maximum atomic E-state index is 5.70. The second-order valence-electron chi connectivity index (χ2n) is 6.58. The second-order valence-corrected chi connectivity index (χ2v) is 6.58. The van der Waals surface area contributed by atoms with Crippen LogP contribution < -0.4 is 5.32 Å². The first kappa shape index (κ1) is 20.3. The van der Waals surface area contributed by atoms with Gasteiger partial charge in [0.2, 0.25) is 0 Å². The summed E-state index contributed by atoms with van der Waals surface area (Å²) in [6, 6.07) is 29.8. The van der Waals surface area contributed by atoms with Gasteiger partial charge in [0.25, 0.3) is 0 Å². The molecular weight excluding hydrogens is 346 g/mol. The van der Waals surface area contributed by atoms with Gasteiger partial charge in [-0.25, -0.2) is 0 Å². The van der Waals surface area contributed by atoms with Crippen molar-refractivity contribution in [1.82, 2.24) is 5.32 Å². The quantitative estimate of drug-likeness (QED) is 0.479. The molecular formula is C25H29NO2. The average Bonchev–Trinajstić information content (AvgIpc) is 2.76. The summed E-state index contributed by atoms with van der Waals surface area (Å²) in [4.78, 5) is 0. The molecule has 0 unspecified atom stereocenters. The van der Waals surface area contributed by atoms with E-state index in [-0.39, 0.29) is 12.3 Å². The van der Waals surface area contributed by atoms with E-state index in [4.69, 9.17) is 9.47 Å². The lowest BCUT2D eigenvalue weighted by Gasteiger charge is -2.24. The third kappa shape index (κ3) is 5.52. The predicted molar refractivity (Wildman–Crippen MR) is 115 cm³/mol. The number of benzene rings is 3. The van der Waals surface area contributed by atoms with Gasteiger partial charge in [-0.05, 0) is 36.1 Å². The van der Waals surface area contributed by atoms with Crippen LogP contribution in [-0.2, 0) is 9.47 Å². The second kappa shape index (κ2) is 10.8. The standard InChI is InChI=1S/C25H29NO2/c1-3-27-24(28-4-2)19-26-25(22-13-9-6-10-14-22)23-17-15-21(16-18-23)20-11-7-5-8-12-20/h5-18,24-26H,3-4,19H2,1-2H3/t25-/m1/s1. The molecule has 28 heavy (non-hydrogen) atoms. The van der Waals surface area contributed by atoms with Crippen LogP contribution in [0, 0.1) is 0 Å². The molecule has 0 bridgehead atoms. The van der Waals surface area contributed by atoms with Gasteiger partial charge in [-0.2, -0.15) is 0 Å². The van der Waals surface area contributed by atoms with Crippen LogP contribution in [0.25, 0.3) is 11.1 Å². The highest BCUT2D eigenvalue weighted by atomic mass is 16.7. The van der Waals surface area contributed by atoms with E-state index in [9.17, 15) is 0 Å². The van der Waals surface area contributed by atoms with Crippen LogP contribution >= 0.6 is 0 Å². The van der Waals surface area contributed by atoms with Gasteiger partial charge in [-0.1, -0.05) is 84.9 Å². The Kier molecular flexibility index (Phi) is 7.80. The van der Waals surface area contributed by atoms with Crippen molar-refractivity contribution in [1.29, 1.82) is 0 Å². The van der Waals surface area contributed by atoms with Crippen molar-refractivity contribution in [3.05, 3.63) is 96.1 Å². The van der Waals surface area contributed by atoms with Gasteiger partial charge in [0.15, 0.2) is 6.29 Å². The molecule has 0 aromatic heterocycles. The van der Waals surface area contributed by atoms with Crippen molar-refractivity contribution in [3.8, 4) is 11.1 Å². The average molecular weight is 376 g/mol. The van der Waals surface area contributed by atoms with E-state index >= 15 is 0 Å². The molecule has 0 fully saturated rings. The number of rotatable bonds is 10. The summed E-state index contributed by atoms with van der Waals surface area (Å²) in [6.45, 7) is 5.87. The maximum absolute atomic E-state index is 5.70. The monoisotopic (exact) mass is 375 g/mol. The van der Waals surface area contributed by atoms with E-state index in [0.717, 1.165) is 0 Å². The fraction of sp³-hybridized carbons (Fsp3) is 0.280. The predicted octanol–water partition coefficient (Wildman–Crippen LogP) is 5.43. The molecule has 0 saturated heterocycles. The molecule has 3 nitrogen and oxygen atoms in total. The van der Waals surface area contributed by atoms with Crippen LogP contribution in [0.2, 0.25) is 0 Å². The first-order valence-corrected chi connectivity index (χ1v) is 9.98. The zero-order valence-corrected chi connectivity index (χ0v) is 16.7. The molecule has 0 radical (unpaired) electrons. The molecule has 3 aromatic rings. The lowest BCUT2D eigenvalue weighted by molar-refractivity contribution is -0.133. The Hall–Kier alpha value is -2.46. The largest absolute Gasteiger partial charge is 0.352 e. The lowest BCUT2D eigenvalue weighted by Crippen LogP contribution is -2.34. The summed E-state index contributed by atoms with van der Waals surface area (Å²) in [5, 5.41) is 3.63. The summed E-state index contributed by atoms with van der Waals surface area (Å²) >= 11 is 0. The van der Waals surface area contributed by atoms with Crippen molar-refractivity contribution in [2.45, 2.75) is 26.2 Å². The van der Waals surface area contributed by atoms with Crippen molar-refractivity contribution < 1.29 is 9.47 Å². The Bertz CT molecular complexity index is 797. The topological polar surface area (TPSA) is 30.5 Å². The summed E-state index contributed by atoms with van der Waals surface area (Å²) in [7, 11) is 0. The molecule has 0 spiro atoms. The zero-order chi connectivity index (χ0) is 19.6. The van der Waals surface area contributed by atoms with Crippen molar-refractivity contribution in [2.24, 2.45) is 0 Å². The maximum Gasteiger partial charge on any atom is 0.169 e. The normalized spacial score (nSPS) is 12.2. The third-order valence-corrected chi connectivity index (χ3v) is 4.68. The molecule has 0 aliphatic heterocycles. The Morgan fingerprint density at radius 2 is 1.14 bits per heavy atom. The van der Waals surface area contributed by atoms with Gasteiger partial charge in [0, 0.05) is 19.8 Å². The smallest absolute Gasteiger partial charge is 0.169 e. The minimum atomic E-state index is -0.246. The van der Waals surface area contributed by atoms with Gasteiger partial charge in [-0.15, -0.1) is 0 Å². The molecule has 0 amide bonds. The Balaban J connectivity index is 1.81. The molecule has 0 saturated carbocycles. The van der Waals surface area contributed by atoms with E-state index < -0.39 is 0 Å². The van der Waals surface area contributed by atoms with Gasteiger partial charge in [-0.3, -0.25) is 0 Å². The molecule has 3 heteroatoms. The molecule has 3 rings (SSSR count). The SMILES string of the molecule is CCOC(CN[C@H](c1ccccc1)c1ccc(-c2ccccc2)cc1)OCC. The molecule has 1 N–H and O–H groups in total. The van der Waals surface area contributed by atoms with E-state index in [2.05, 4.69) is 78.1 Å². The molecule has 0 aliphatic rings. The summed E-state index contributed by atoms with van der Waals surface area (Å²) < 4.78 is 11.4. The van der Waals surface area contributed by atoms with Crippen LogP contribution in [0.5, 0.6) is 0 Å². The fourth-order valence-corrected chi connectivity index (χ4v) is 3.32. The number of ether oxygens (including phenoxy) is 2. The summed E-state index contributed by atoms with van der Waals surface area (Å²) in [6.07, 6.45) is -0.246. The van der Waals surface area contributed by atoms with Crippen LogP contribution in [0.3, 0.4) is 0 Å². The van der Waals surface area contributed by atoms with Gasteiger partial charge in [0.05, 0.1) is 6.04 Å². The zero-order valence-electron chi connectivity index (χ0n) is 16.7. The Labute approximate surface area is 168 Å². The fourth-order valence-electron chi connectivity index (χ4n) is 3.32. The molecule has 3 aromatic carbocycles. The first-order valence-electron chi connectivity index (χ1n) is 9.98. The lowest BCUT2D eigenvalue weighted by atomic mass is 9.96. The highest BCUT2D eigenvalue weighted by Crippen LogP contribution is 2.26. The van der Waals surface area contributed by atoms with Crippen LogP contribution in [0.15, 0.2) is 84.9 Å². The van der Waals surface area contributed by atoms with E-state index in [1.54, 1.807) is 0 Å². The molecule has 1 atom stereocenters. The Morgan fingerprint density at radius 3 is 1.71 bits per heavy atom. The van der Waals surface area contributed by atoms with Crippen molar-refractivity contribution >= 4 is 0 Å². The highest BCUT2D eigenvalue weighted by molar-refractivity contribution is 5.63.